The third-order valence-electron chi connectivity index (χ3n) is 2.99. The standard InChI is InChI=1S/C10H18O2/c1-10(6-8-2-3-8)7-9(11)4-5-12-10/h8-9,11H,2-7H2,1H3. The first kappa shape index (κ1) is 8.52. The maximum absolute atomic E-state index is 9.50. The summed E-state index contributed by atoms with van der Waals surface area (Å²) < 4.78 is 5.73. The monoisotopic (exact) mass is 170 g/mol. The summed E-state index contributed by atoms with van der Waals surface area (Å²) >= 11 is 0. The molecule has 1 saturated carbocycles. The maximum Gasteiger partial charge on any atom is 0.0681 e. The van der Waals surface area contributed by atoms with Crippen LogP contribution in [0.5, 0.6) is 0 Å². The fourth-order valence-corrected chi connectivity index (χ4v) is 2.18. The molecule has 12 heavy (non-hydrogen) atoms. The molecule has 2 nitrogen and oxygen atoms in total. The Morgan fingerprint density at radius 1 is 1.42 bits per heavy atom. The van der Waals surface area contributed by atoms with E-state index in [1.54, 1.807) is 0 Å². The molecule has 0 radical (unpaired) electrons. The lowest BCUT2D eigenvalue weighted by atomic mass is 9.89. The first-order valence-electron chi connectivity index (χ1n) is 5.00. The zero-order chi connectivity index (χ0) is 8.60. The lowest BCUT2D eigenvalue weighted by Gasteiger charge is -2.36. The van der Waals surface area contributed by atoms with Crippen LogP contribution in [0.2, 0.25) is 0 Å². The smallest absolute Gasteiger partial charge is 0.0681 e. The molecule has 0 amide bonds. The number of ether oxygens (including phenoxy) is 1. The van der Waals surface area contributed by atoms with Gasteiger partial charge in [-0.25, -0.2) is 0 Å². The van der Waals surface area contributed by atoms with Gasteiger partial charge in [-0.2, -0.15) is 0 Å². The van der Waals surface area contributed by atoms with Crippen LogP contribution >= 0.6 is 0 Å². The van der Waals surface area contributed by atoms with Crippen molar-refractivity contribution in [2.75, 3.05) is 6.61 Å². The molecule has 1 aliphatic carbocycles. The first-order chi connectivity index (χ1) is 5.68. The van der Waals surface area contributed by atoms with Crippen molar-refractivity contribution in [3.05, 3.63) is 0 Å². The van der Waals surface area contributed by atoms with Gasteiger partial charge in [0.05, 0.1) is 11.7 Å². The van der Waals surface area contributed by atoms with E-state index in [9.17, 15) is 5.11 Å². The highest BCUT2D eigenvalue weighted by Crippen LogP contribution is 2.41. The minimum absolute atomic E-state index is 0.0150. The van der Waals surface area contributed by atoms with Gasteiger partial charge in [-0.15, -0.1) is 0 Å². The summed E-state index contributed by atoms with van der Waals surface area (Å²) in [4.78, 5) is 0. The second-order valence-electron chi connectivity index (χ2n) is 4.59. The highest BCUT2D eigenvalue weighted by molar-refractivity contribution is 4.89. The third-order valence-corrected chi connectivity index (χ3v) is 2.99. The predicted octanol–water partition coefficient (Wildman–Crippen LogP) is 1.72. The Balaban J connectivity index is 1.88. The Morgan fingerprint density at radius 3 is 2.75 bits per heavy atom. The van der Waals surface area contributed by atoms with Crippen LogP contribution in [-0.2, 0) is 4.74 Å². The maximum atomic E-state index is 9.50. The average molecular weight is 170 g/mol. The van der Waals surface area contributed by atoms with Crippen LogP contribution in [0, 0.1) is 5.92 Å². The van der Waals surface area contributed by atoms with E-state index in [2.05, 4.69) is 6.92 Å². The van der Waals surface area contributed by atoms with Crippen LogP contribution in [-0.4, -0.2) is 23.4 Å². The second kappa shape index (κ2) is 3.00. The van der Waals surface area contributed by atoms with E-state index in [1.807, 2.05) is 0 Å². The summed E-state index contributed by atoms with van der Waals surface area (Å²) in [7, 11) is 0. The minimum Gasteiger partial charge on any atom is -0.393 e. The molecule has 0 spiro atoms. The summed E-state index contributed by atoms with van der Waals surface area (Å²) in [6, 6.07) is 0. The van der Waals surface area contributed by atoms with Gasteiger partial charge in [-0.1, -0.05) is 12.8 Å². The van der Waals surface area contributed by atoms with E-state index in [-0.39, 0.29) is 11.7 Å². The van der Waals surface area contributed by atoms with Crippen LogP contribution < -0.4 is 0 Å². The van der Waals surface area contributed by atoms with Gasteiger partial charge in [0.2, 0.25) is 0 Å². The van der Waals surface area contributed by atoms with Gasteiger partial charge < -0.3 is 9.84 Å². The summed E-state index contributed by atoms with van der Waals surface area (Å²) in [5.74, 6) is 0.889. The Bertz CT molecular complexity index is 161. The SMILES string of the molecule is CC1(CC2CC2)CC(O)CCO1. The molecule has 1 heterocycles. The van der Waals surface area contributed by atoms with Crippen molar-refractivity contribution in [3.8, 4) is 0 Å². The molecule has 70 valence electrons. The number of aliphatic hydroxyl groups excluding tert-OH is 1. The zero-order valence-corrected chi connectivity index (χ0v) is 7.75. The molecule has 2 fully saturated rings. The van der Waals surface area contributed by atoms with Crippen molar-refractivity contribution in [1.82, 2.24) is 0 Å². The molecule has 0 bridgehead atoms. The summed E-state index contributed by atoms with van der Waals surface area (Å²) in [6.07, 6.45) is 5.43. The molecule has 1 N–H and O–H groups in total. The molecule has 1 saturated heterocycles. The van der Waals surface area contributed by atoms with E-state index in [0.717, 1.165) is 31.8 Å². The van der Waals surface area contributed by atoms with Crippen molar-refractivity contribution >= 4 is 0 Å². The van der Waals surface area contributed by atoms with Gasteiger partial charge in [0.25, 0.3) is 0 Å². The number of aliphatic hydroxyl groups is 1. The van der Waals surface area contributed by atoms with E-state index >= 15 is 0 Å². The van der Waals surface area contributed by atoms with Crippen molar-refractivity contribution in [1.29, 1.82) is 0 Å². The molecule has 0 aromatic heterocycles. The average Bonchev–Trinajstić information content (AvgIpc) is 2.69. The molecule has 2 unspecified atom stereocenters. The van der Waals surface area contributed by atoms with Crippen molar-refractivity contribution < 1.29 is 9.84 Å². The molecule has 2 atom stereocenters. The van der Waals surface area contributed by atoms with Crippen LogP contribution in [0.4, 0.5) is 0 Å². The normalized spacial score (nSPS) is 43.0. The van der Waals surface area contributed by atoms with Gasteiger partial charge in [0.1, 0.15) is 0 Å². The molecular formula is C10H18O2. The molecule has 1 aliphatic heterocycles. The van der Waals surface area contributed by atoms with Crippen molar-refractivity contribution in [2.24, 2.45) is 5.92 Å². The van der Waals surface area contributed by atoms with Crippen molar-refractivity contribution in [2.45, 2.75) is 50.7 Å². The van der Waals surface area contributed by atoms with E-state index in [0.29, 0.717) is 0 Å². The van der Waals surface area contributed by atoms with Gasteiger partial charge in [-0.05, 0) is 25.7 Å². The molecule has 2 heteroatoms. The van der Waals surface area contributed by atoms with E-state index in [4.69, 9.17) is 4.74 Å². The summed E-state index contributed by atoms with van der Waals surface area (Å²) in [6.45, 7) is 2.89. The van der Waals surface area contributed by atoms with Crippen LogP contribution in [0.25, 0.3) is 0 Å². The minimum atomic E-state index is -0.123. The molecule has 0 aromatic rings. The second-order valence-corrected chi connectivity index (χ2v) is 4.59. The van der Waals surface area contributed by atoms with Gasteiger partial charge >= 0.3 is 0 Å². The zero-order valence-electron chi connectivity index (χ0n) is 7.75. The Labute approximate surface area is 73.9 Å². The van der Waals surface area contributed by atoms with Gasteiger partial charge in [0.15, 0.2) is 0 Å². The van der Waals surface area contributed by atoms with E-state index < -0.39 is 0 Å². The fourth-order valence-electron chi connectivity index (χ4n) is 2.18. The molecule has 0 aromatic carbocycles. The Hall–Kier alpha value is -0.0800. The lowest BCUT2D eigenvalue weighted by Crippen LogP contribution is -2.39. The van der Waals surface area contributed by atoms with Crippen LogP contribution in [0.1, 0.15) is 39.0 Å². The quantitative estimate of drug-likeness (QED) is 0.683. The number of rotatable bonds is 2. The highest BCUT2D eigenvalue weighted by Gasteiger charge is 2.37. The van der Waals surface area contributed by atoms with Gasteiger partial charge in [-0.3, -0.25) is 0 Å². The Kier molecular flexibility index (Phi) is 2.13. The highest BCUT2D eigenvalue weighted by atomic mass is 16.5. The largest absolute Gasteiger partial charge is 0.393 e. The van der Waals surface area contributed by atoms with E-state index in [1.165, 1.54) is 12.8 Å². The fraction of sp³-hybridized carbons (Fsp3) is 1.00. The lowest BCUT2D eigenvalue weighted by molar-refractivity contribution is -0.113. The summed E-state index contributed by atoms with van der Waals surface area (Å²) in [5.41, 5.74) is -0.0150. The van der Waals surface area contributed by atoms with Gasteiger partial charge in [0, 0.05) is 13.0 Å². The topological polar surface area (TPSA) is 29.5 Å². The summed E-state index contributed by atoms with van der Waals surface area (Å²) in [5, 5.41) is 9.50. The predicted molar refractivity (Wildman–Crippen MR) is 46.9 cm³/mol. The first-order valence-corrected chi connectivity index (χ1v) is 5.00. The Morgan fingerprint density at radius 2 is 2.17 bits per heavy atom. The number of hydrogen-bond donors (Lipinski definition) is 1. The molecule has 2 aliphatic rings. The van der Waals surface area contributed by atoms with Crippen LogP contribution in [0.3, 0.4) is 0 Å². The number of hydrogen-bond acceptors (Lipinski definition) is 2. The van der Waals surface area contributed by atoms with Crippen LogP contribution in [0.15, 0.2) is 0 Å². The molecular weight excluding hydrogens is 152 g/mol. The van der Waals surface area contributed by atoms with Crippen molar-refractivity contribution in [3.63, 3.8) is 0 Å². The molecule has 2 rings (SSSR count). The third kappa shape index (κ3) is 1.99.